The number of para-hydroxylation sites is 1. The highest BCUT2D eigenvalue weighted by Crippen LogP contribution is 2.24. The molecule has 1 aromatic heterocycles. The van der Waals surface area contributed by atoms with E-state index in [1.54, 1.807) is 23.2 Å². The number of benzene rings is 2. The van der Waals surface area contributed by atoms with Crippen LogP contribution in [0.4, 0.5) is 0 Å². The van der Waals surface area contributed by atoms with E-state index in [0.29, 0.717) is 49.8 Å². The third-order valence-electron chi connectivity index (χ3n) is 5.58. The molecule has 4 rings (SSSR count). The van der Waals surface area contributed by atoms with Crippen molar-refractivity contribution in [3.05, 3.63) is 90.1 Å². The highest BCUT2D eigenvalue weighted by atomic mass is 16.5. The van der Waals surface area contributed by atoms with Gasteiger partial charge in [0.15, 0.2) is 0 Å². The molecule has 164 valence electrons. The van der Waals surface area contributed by atoms with Crippen molar-refractivity contribution < 1.29 is 14.3 Å². The van der Waals surface area contributed by atoms with Gasteiger partial charge in [0.1, 0.15) is 11.3 Å². The monoisotopic (exact) mass is 429 g/mol. The maximum atomic E-state index is 13.1. The fraction of sp³-hybridized carbons (Fsp3) is 0.269. The molecule has 0 bridgehead atoms. The number of nitrogens with zero attached hydrogens (tertiary/aromatic N) is 3. The van der Waals surface area contributed by atoms with E-state index in [4.69, 9.17) is 4.74 Å². The van der Waals surface area contributed by atoms with Crippen molar-refractivity contribution in [2.24, 2.45) is 0 Å². The average Bonchev–Trinajstić information content (AvgIpc) is 2.85. The Kier molecular flexibility index (Phi) is 7.12. The van der Waals surface area contributed by atoms with E-state index in [1.807, 2.05) is 53.4 Å². The summed E-state index contributed by atoms with van der Waals surface area (Å²) in [5, 5.41) is 0. The topological polar surface area (TPSA) is 62.7 Å². The number of piperazine rings is 1. The lowest BCUT2D eigenvalue weighted by Crippen LogP contribution is -2.50. The molecule has 1 fully saturated rings. The number of rotatable bonds is 7. The van der Waals surface area contributed by atoms with Crippen LogP contribution in [0.2, 0.25) is 0 Å². The molecular weight excluding hydrogens is 402 g/mol. The van der Waals surface area contributed by atoms with Crippen LogP contribution >= 0.6 is 0 Å². The van der Waals surface area contributed by atoms with Gasteiger partial charge in [0.2, 0.25) is 11.8 Å². The fourth-order valence-corrected chi connectivity index (χ4v) is 3.81. The quantitative estimate of drug-likeness (QED) is 0.565. The molecule has 32 heavy (non-hydrogen) atoms. The molecule has 2 aromatic carbocycles. The van der Waals surface area contributed by atoms with Crippen molar-refractivity contribution in [1.29, 1.82) is 0 Å². The molecule has 2 amide bonds. The molecule has 0 radical (unpaired) electrons. The summed E-state index contributed by atoms with van der Waals surface area (Å²) in [6.07, 6.45) is 3.87. The van der Waals surface area contributed by atoms with Crippen LogP contribution in [0.1, 0.15) is 28.8 Å². The number of amides is 2. The molecule has 0 saturated carbocycles. The summed E-state index contributed by atoms with van der Waals surface area (Å²) in [4.78, 5) is 33.6. The van der Waals surface area contributed by atoms with Gasteiger partial charge in [-0.2, -0.15) is 0 Å². The van der Waals surface area contributed by atoms with Crippen LogP contribution in [0, 0.1) is 0 Å². The molecule has 0 aliphatic carbocycles. The van der Waals surface area contributed by atoms with E-state index in [0.717, 1.165) is 12.8 Å². The lowest BCUT2D eigenvalue weighted by Gasteiger charge is -2.35. The van der Waals surface area contributed by atoms with Gasteiger partial charge in [0.05, 0.1) is 0 Å². The fourth-order valence-electron chi connectivity index (χ4n) is 3.81. The smallest absolute Gasteiger partial charge is 0.259 e. The summed E-state index contributed by atoms with van der Waals surface area (Å²) in [6, 6.07) is 23.0. The third kappa shape index (κ3) is 5.52. The molecular formula is C26H27N3O3. The maximum absolute atomic E-state index is 13.1. The van der Waals surface area contributed by atoms with Crippen molar-refractivity contribution >= 4 is 11.8 Å². The molecule has 0 atom stereocenters. The number of aromatic nitrogens is 1. The normalized spacial score (nSPS) is 13.6. The summed E-state index contributed by atoms with van der Waals surface area (Å²) < 4.78 is 5.84. The molecule has 2 heterocycles. The third-order valence-corrected chi connectivity index (χ3v) is 5.58. The minimum Gasteiger partial charge on any atom is -0.438 e. The second kappa shape index (κ2) is 10.6. The van der Waals surface area contributed by atoms with Gasteiger partial charge in [-0.25, -0.2) is 4.98 Å². The van der Waals surface area contributed by atoms with Crippen LogP contribution in [0.3, 0.4) is 0 Å². The summed E-state index contributed by atoms with van der Waals surface area (Å²) in [5.74, 6) is 0.956. The van der Waals surface area contributed by atoms with E-state index in [1.165, 1.54) is 5.56 Å². The van der Waals surface area contributed by atoms with Gasteiger partial charge in [-0.15, -0.1) is 0 Å². The number of pyridine rings is 1. The zero-order valence-electron chi connectivity index (χ0n) is 18.0. The molecule has 0 spiro atoms. The molecule has 0 N–H and O–H groups in total. The van der Waals surface area contributed by atoms with Crippen LogP contribution in [0.15, 0.2) is 79.0 Å². The van der Waals surface area contributed by atoms with E-state index < -0.39 is 0 Å². The first-order valence-corrected chi connectivity index (χ1v) is 11.0. The lowest BCUT2D eigenvalue weighted by molar-refractivity contribution is -0.132. The molecule has 6 heteroatoms. The van der Waals surface area contributed by atoms with E-state index in [2.05, 4.69) is 17.1 Å². The Hall–Kier alpha value is -3.67. The molecule has 6 nitrogen and oxygen atoms in total. The Morgan fingerprint density at radius 2 is 1.47 bits per heavy atom. The molecule has 1 aliphatic rings. The van der Waals surface area contributed by atoms with Gasteiger partial charge in [-0.3, -0.25) is 9.59 Å². The van der Waals surface area contributed by atoms with Gasteiger partial charge in [0.25, 0.3) is 5.91 Å². The summed E-state index contributed by atoms with van der Waals surface area (Å²) in [5.41, 5.74) is 1.68. The summed E-state index contributed by atoms with van der Waals surface area (Å²) in [6.45, 7) is 2.10. The number of hydrogen-bond acceptors (Lipinski definition) is 4. The SMILES string of the molecule is O=C(CCCc1ccccc1)N1CCN(C(=O)c2cccnc2Oc2ccccc2)CC1. The number of carbonyl (C=O) groups excluding carboxylic acids is 2. The molecule has 1 aliphatic heterocycles. The standard InChI is InChI=1S/C26H27N3O3/c30-24(15-7-11-21-9-3-1-4-10-21)28-17-19-29(20-18-28)26(31)23-14-8-16-27-25(23)32-22-12-5-2-6-13-22/h1-6,8-10,12-14,16H,7,11,15,17-20H2. The van der Waals surface area contributed by atoms with E-state index in [9.17, 15) is 9.59 Å². The molecule has 3 aromatic rings. The van der Waals surface area contributed by atoms with Crippen LogP contribution in [-0.2, 0) is 11.2 Å². The van der Waals surface area contributed by atoms with Crippen LogP contribution < -0.4 is 4.74 Å². The highest BCUT2D eigenvalue weighted by molar-refractivity contribution is 5.96. The molecule has 0 unspecified atom stereocenters. The van der Waals surface area contributed by atoms with Crippen molar-refractivity contribution in [3.8, 4) is 11.6 Å². The number of ether oxygens (including phenoxy) is 1. The van der Waals surface area contributed by atoms with Crippen LogP contribution in [0.5, 0.6) is 11.6 Å². The lowest BCUT2D eigenvalue weighted by atomic mass is 10.1. The Labute approximate surface area is 188 Å². The van der Waals surface area contributed by atoms with Crippen LogP contribution in [0.25, 0.3) is 0 Å². The molecule has 1 saturated heterocycles. The largest absolute Gasteiger partial charge is 0.438 e. The second-order valence-corrected chi connectivity index (χ2v) is 7.78. The zero-order valence-corrected chi connectivity index (χ0v) is 18.0. The average molecular weight is 430 g/mol. The Bertz CT molecular complexity index is 1030. The second-order valence-electron chi connectivity index (χ2n) is 7.78. The van der Waals surface area contributed by atoms with Gasteiger partial charge < -0.3 is 14.5 Å². The maximum Gasteiger partial charge on any atom is 0.259 e. The van der Waals surface area contributed by atoms with Crippen molar-refractivity contribution in [2.45, 2.75) is 19.3 Å². The van der Waals surface area contributed by atoms with Crippen LogP contribution in [-0.4, -0.2) is 52.8 Å². The van der Waals surface area contributed by atoms with Crippen molar-refractivity contribution in [3.63, 3.8) is 0 Å². The first-order valence-electron chi connectivity index (χ1n) is 11.0. The Morgan fingerprint density at radius 1 is 0.812 bits per heavy atom. The first kappa shape index (κ1) is 21.6. The number of hydrogen-bond donors (Lipinski definition) is 0. The van der Waals surface area contributed by atoms with Crippen molar-refractivity contribution in [1.82, 2.24) is 14.8 Å². The highest BCUT2D eigenvalue weighted by Gasteiger charge is 2.26. The van der Waals surface area contributed by atoms with E-state index >= 15 is 0 Å². The van der Waals surface area contributed by atoms with Gasteiger partial charge in [0, 0.05) is 38.8 Å². The minimum absolute atomic E-state index is 0.125. The number of aryl methyl sites for hydroxylation is 1. The van der Waals surface area contributed by atoms with E-state index in [-0.39, 0.29) is 11.8 Å². The van der Waals surface area contributed by atoms with Gasteiger partial charge in [-0.05, 0) is 42.7 Å². The zero-order chi connectivity index (χ0) is 22.2. The van der Waals surface area contributed by atoms with Gasteiger partial charge in [-0.1, -0.05) is 48.5 Å². The summed E-state index contributed by atoms with van der Waals surface area (Å²) >= 11 is 0. The summed E-state index contributed by atoms with van der Waals surface area (Å²) in [7, 11) is 0. The Morgan fingerprint density at radius 3 is 2.19 bits per heavy atom. The minimum atomic E-state index is -0.125. The predicted octanol–water partition coefficient (Wildman–Crippen LogP) is 4.18. The van der Waals surface area contributed by atoms with Crippen molar-refractivity contribution in [2.75, 3.05) is 26.2 Å². The Balaban J connectivity index is 1.29. The van der Waals surface area contributed by atoms with Gasteiger partial charge >= 0.3 is 0 Å². The predicted molar refractivity (Wildman–Crippen MR) is 123 cm³/mol. The number of carbonyl (C=O) groups is 2. The first-order chi connectivity index (χ1) is 15.7.